The van der Waals surface area contributed by atoms with Gasteiger partial charge in [-0.05, 0) is 30.7 Å². The van der Waals surface area contributed by atoms with Crippen molar-refractivity contribution in [1.82, 2.24) is 5.32 Å². The molecule has 0 aliphatic carbocycles. The van der Waals surface area contributed by atoms with Gasteiger partial charge in [-0.25, -0.2) is 4.79 Å². The van der Waals surface area contributed by atoms with E-state index in [0.717, 1.165) is 28.2 Å². The summed E-state index contributed by atoms with van der Waals surface area (Å²) in [5, 5.41) is 2.84. The number of carbonyl (C=O) groups is 1. The minimum absolute atomic E-state index is 0.0637. The summed E-state index contributed by atoms with van der Waals surface area (Å²) in [5.74, 6) is 3.35. The summed E-state index contributed by atoms with van der Waals surface area (Å²) in [4.78, 5) is 12.4. The van der Waals surface area contributed by atoms with Crippen LogP contribution in [-0.4, -0.2) is 19.5 Å². The van der Waals surface area contributed by atoms with Gasteiger partial charge in [0.2, 0.25) is 6.79 Å². The third-order valence-corrected chi connectivity index (χ3v) is 6.08. The summed E-state index contributed by atoms with van der Waals surface area (Å²) >= 11 is 0. The second-order valence-corrected chi connectivity index (χ2v) is 8.07. The average molecular weight is 431 g/mol. The molecule has 6 rings (SSSR count). The van der Waals surface area contributed by atoms with E-state index in [4.69, 9.17) is 23.7 Å². The molecule has 3 heterocycles. The van der Waals surface area contributed by atoms with Crippen LogP contribution in [0.15, 0.2) is 60.7 Å². The number of benzene rings is 3. The third kappa shape index (κ3) is 3.17. The fourth-order valence-corrected chi connectivity index (χ4v) is 4.43. The summed E-state index contributed by atoms with van der Waals surface area (Å²) in [6, 6.07) is 18.8. The predicted molar refractivity (Wildman–Crippen MR) is 115 cm³/mol. The van der Waals surface area contributed by atoms with Crippen LogP contribution < -0.4 is 29.0 Å². The smallest absolute Gasteiger partial charge is 0.413 e. The maximum absolute atomic E-state index is 12.4. The van der Waals surface area contributed by atoms with E-state index in [1.807, 2.05) is 55.5 Å². The standard InChI is InChI=1S/C25H21NO6/c1-14(15-5-3-2-4-6-15)26-25(27)31-16-7-8-17-20(9-16)28-12-19-18-10-22-23(30-13-29-22)11-21(18)32-24(17)19/h2-11,14,19,24H,12-13H2,1H3,(H,26,27)/t14-,19+,24+/m0/s1. The maximum Gasteiger partial charge on any atom is 0.413 e. The van der Waals surface area contributed by atoms with Crippen molar-refractivity contribution in [2.45, 2.75) is 25.0 Å². The van der Waals surface area contributed by atoms with Crippen LogP contribution in [0.1, 0.15) is 41.7 Å². The number of fused-ring (bicyclic) bond motifs is 6. The summed E-state index contributed by atoms with van der Waals surface area (Å²) < 4.78 is 28.7. The highest BCUT2D eigenvalue weighted by molar-refractivity contribution is 5.71. The second kappa shape index (κ2) is 7.37. The molecule has 3 aliphatic heterocycles. The van der Waals surface area contributed by atoms with Gasteiger partial charge in [0.05, 0.1) is 18.6 Å². The minimum Gasteiger partial charge on any atom is -0.492 e. The second-order valence-electron chi connectivity index (χ2n) is 8.07. The van der Waals surface area contributed by atoms with Gasteiger partial charge in [0.1, 0.15) is 23.4 Å². The Hall–Kier alpha value is -3.87. The van der Waals surface area contributed by atoms with Gasteiger partial charge in [-0.2, -0.15) is 0 Å². The van der Waals surface area contributed by atoms with Gasteiger partial charge < -0.3 is 29.0 Å². The first-order chi connectivity index (χ1) is 15.7. The topological polar surface area (TPSA) is 75.3 Å². The lowest BCUT2D eigenvalue weighted by Gasteiger charge is -2.28. The van der Waals surface area contributed by atoms with Crippen LogP contribution in [0.4, 0.5) is 4.79 Å². The maximum atomic E-state index is 12.4. The average Bonchev–Trinajstić information content (AvgIpc) is 3.41. The summed E-state index contributed by atoms with van der Waals surface area (Å²) in [7, 11) is 0. The Morgan fingerprint density at radius 2 is 1.75 bits per heavy atom. The Bertz CT molecular complexity index is 1190. The number of hydrogen-bond acceptors (Lipinski definition) is 6. The lowest BCUT2D eigenvalue weighted by Crippen LogP contribution is -2.29. The summed E-state index contributed by atoms with van der Waals surface area (Å²) in [6.07, 6.45) is -0.689. The zero-order valence-corrected chi connectivity index (χ0v) is 17.4. The van der Waals surface area contributed by atoms with Gasteiger partial charge in [0.25, 0.3) is 0 Å². The zero-order valence-electron chi connectivity index (χ0n) is 17.4. The van der Waals surface area contributed by atoms with Gasteiger partial charge in [0.15, 0.2) is 11.5 Å². The molecule has 1 amide bonds. The van der Waals surface area contributed by atoms with Crippen molar-refractivity contribution in [3.05, 3.63) is 77.4 Å². The van der Waals surface area contributed by atoms with Gasteiger partial charge >= 0.3 is 6.09 Å². The summed E-state index contributed by atoms with van der Waals surface area (Å²) in [5.41, 5.74) is 2.98. The molecule has 7 nitrogen and oxygen atoms in total. The van der Waals surface area contributed by atoms with E-state index >= 15 is 0 Å². The highest BCUT2D eigenvalue weighted by Gasteiger charge is 2.42. The Labute approximate surface area is 184 Å². The van der Waals surface area contributed by atoms with Crippen molar-refractivity contribution in [3.63, 3.8) is 0 Å². The fraction of sp³-hybridized carbons (Fsp3) is 0.240. The molecular formula is C25H21NO6. The molecule has 1 N–H and O–H groups in total. The van der Waals surface area contributed by atoms with Crippen LogP contribution in [0, 0.1) is 0 Å². The predicted octanol–water partition coefficient (Wildman–Crippen LogP) is 4.87. The highest BCUT2D eigenvalue weighted by Crippen LogP contribution is 2.54. The fourth-order valence-electron chi connectivity index (χ4n) is 4.43. The molecular weight excluding hydrogens is 410 g/mol. The number of carbonyl (C=O) groups excluding carboxylic acids is 1. The van der Waals surface area contributed by atoms with Crippen molar-refractivity contribution in [2.24, 2.45) is 0 Å². The molecule has 7 heteroatoms. The van der Waals surface area contributed by atoms with Crippen LogP contribution in [0.3, 0.4) is 0 Å². The monoisotopic (exact) mass is 431 g/mol. The molecule has 0 bridgehead atoms. The van der Waals surface area contributed by atoms with Crippen molar-refractivity contribution >= 4 is 6.09 Å². The third-order valence-electron chi connectivity index (χ3n) is 6.08. The van der Waals surface area contributed by atoms with E-state index in [9.17, 15) is 4.79 Å². The first-order valence-electron chi connectivity index (χ1n) is 10.6. The van der Waals surface area contributed by atoms with Crippen molar-refractivity contribution < 1.29 is 28.5 Å². The van der Waals surface area contributed by atoms with E-state index in [2.05, 4.69) is 5.32 Å². The molecule has 0 unspecified atom stereocenters. The van der Waals surface area contributed by atoms with Gasteiger partial charge in [-0.3, -0.25) is 0 Å². The van der Waals surface area contributed by atoms with Gasteiger partial charge in [-0.15, -0.1) is 0 Å². The van der Waals surface area contributed by atoms with Crippen LogP contribution in [-0.2, 0) is 0 Å². The molecule has 0 radical (unpaired) electrons. The Morgan fingerprint density at radius 1 is 0.938 bits per heavy atom. The molecule has 3 atom stereocenters. The molecule has 162 valence electrons. The van der Waals surface area contributed by atoms with Crippen LogP contribution in [0.5, 0.6) is 28.7 Å². The number of nitrogens with one attached hydrogen (secondary N) is 1. The van der Waals surface area contributed by atoms with E-state index in [1.165, 1.54) is 0 Å². The van der Waals surface area contributed by atoms with Crippen LogP contribution in [0.25, 0.3) is 0 Å². The zero-order chi connectivity index (χ0) is 21.7. The Balaban J connectivity index is 1.18. The molecule has 0 aromatic heterocycles. The van der Waals surface area contributed by atoms with Crippen LogP contribution >= 0.6 is 0 Å². The number of ether oxygens (including phenoxy) is 5. The molecule has 0 saturated carbocycles. The van der Waals surface area contributed by atoms with E-state index in [0.29, 0.717) is 23.9 Å². The van der Waals surface area contributed by atoms with Crippen molar-refractivity contribution in [2.75, 3.05) is 13.4 Å². The largest absolute Gasteiger partial charge is 0.492 e. The molecule has 32 heavy (non-hydrogen) atoms. The number of rotatable bonds is 3. The van der Waals surface area contributed by atoms with E-state index in [1.54, 1.807) is 12.1 Å². The molecule has 3 aromatic rings. The molecule has 3 aromatic carbocycles. The van der Waals surface area contributed by atoms with Crippen molar-refractivity contribution in [3.8, 4) is 28.7 Å². The molecule has 0 saturated heterocycles. The highest BCUT2D eigenvalue weighted by atomic mass is 16.7. The Kier molecular flexibility index (Phi) is 4.35. The first kappa shape index (κ1) is 18.9. The van der Waals surface area contributed by atoms with Gasteiger partial charge in [-0.1, -0.05) is 30.3 Å². The lowest BCUT2D eigenvalue weighted by molar-refractivity contribution is 0.138. The lowest BCUT2D eigenvalue weighted by atomic mass is 9.89. The van der Waals surface area contributed by atoms with Crippen molar-refractivity contribution in [1.29, 1.82) is 0 Å². The normalized spacial score (nSPS) is 20.2. The van der Waals surface area contributed by atoms with Gasteiger partial charge in [0, 0.05) is 23.3 Å². The van der Waals surface area contributed by atoms with E-state index in [-0.39, 0.29) is 24.9 Å². The molecule has 0 fully saturated rings. The summed E-state index contributed by atoms with van der Waals surface area (Å²) in [6.45, 7) is 2.60. The number of amides is 1. The SMILES string of the molecule is C[C@H](NC(=O)Oc1ccc2c(c1)OC[C@@H]1c3cc4c(cc3O[C@H]21)OCO4)c1ccccc1. The van der Waals surface area contributed by atoms with E-state index < -0.39 is 6.09 Å². The minimum atomic E-state index is -0.519. The Morgan fingerprint density at radius 3 is 2.59 bits per heavy atom. The molecule has 3 aliphatic rings. The quantitative estimate of drug-likeness (QED) is 0.637. The first-order valence-corrected chi connectivity index (χ1v) is 10.6. The molecule has 0 spiro atoms. The van der Waals surface area contributed by atoms with Crippen LogP contribution in [0.2, 0.25) is 0 Å². The number of hydrogen-bond donors (Lipinski definition) is 1.